The van der Waals surface area contributed by atoms with Gasteiger partial charge in [-0.15, -0.1) is 0 Å². The first-order valence-corrected chi connectivity index (χ1v) is 8.31. The fraction of sp³-hybridized carbons (Fsp3) is 0.222. The summed E-state index contributed by atoms with van der Waals surface area (Å²) in [7, 11) is 1.30. The molecule has 0 aliphatic carbocycles. The van der Waals surface area contributed by atoms with Crippen molar-refractivity contribution in [1.29, 1.82) is 0 Å². The van der Waals surface area contributed by atoms with Crippen LogP contribution in [0.25, 0.3) is 0 Å². The van der Waals surface area contributed by atoms with E-state index in [2.05, 4.69) is 20.3 Å². The summed E-state index contributed by atoms with van der Waals surface area (Å²) in [6.45, 7) is 0. The second-order valence-corrected chi connectivity index (χ2v) is 6.10. The number of nitrogens with one attached hydrogen (secondary N) is 1. The van der Waals surface area contributed by atoms with Crippen molar-refractivity contribution in [2.45, 2.75) is 18.2 Å². The largest absolute Gasteiger partial charge is 0.425 e. The van der Waals surface area contributed by atoms with Gasteiger partial charge in [0.1, 0.15) is 5.75 Å². The molecule has 1 aromatic carbocycles. The number of alkyl halides is 3. The van der Waals surface area contributed by atoms with Crippen molar-refractivity contribution in [3.05, 3.63) is 60.9 Å². The molecular weight excluding hydrogens is 391 g/mol. The maximum absolute atomic E-state index is 13.5. The van der Waals surface area contributed by atoms with Crippen LogP contribution in [0.3, 0.4) is 0 Å². The van der Waals surface area contributed by atoms with E-state index in [1.807, 2.05) is 0 Å². The van der Waals surface area contributed by atoms with Crippen molar-refractivity contribution in [2.24, 2.45) is 7.05 Å². The minimum atomic E-state index is -5.10. The van der Waals surface area contributed by atoms with E-state index in [0.29, 0.717) is 5.75 Å². The van der Waals surface area contributed by atoms with Gasteiger partial charge < -0.3 is 19.7 Å². The second kappa shape index (κ2) is 7.87. The highest BCUT2D eigenvalue weighted by Gasteiger charge is 2.58. The predicted molar refractivity (Wildman–Crippen MR) is 95.0 cm³/mol. The van der Waals surface area contributed by atoms with E-state index >= 15 is 0 Å². The molecule has 11 heteroatoms. The maximum atomic E-state index is 13.5. The molecule has 0 radical (unpaired) electrons. The Hall–Kier alpha value is -3.47. The molecule has 0 saturated heterocycles. The van der Waals surface area contributed by atoms with Gasteiger partial charge in [-0.25, -0.2) is 15.0 Å². The van der Waals surface area contributed by atoms with Crippen LogP contribution in [-0.4, -0.2) is 36.7 Å². The van der Waals surface area contributed by atoms with Crippen molar-refractivity contribution < 1.29 is 27.8 Å². The van der Waals surface area contributed by atoms with Gasteiger partial charge in [-0.1, -0.05) is 0 Å². The molecule has 0 saturated carbocycles. The molecule has 0 aliphatic rings. The Morgan fingerprint density at radius 1 is 1.14 bits per heavy atom. The van der Waals surface area contributed by atoms with Crippen LogP contribution in [0.4, 0.5) is 18.9 Å². The zero-order valence-corrected chi connectivity index (χ0v) is 15.1. The number of amides is 1. The van der Waals surface area contributed by atoms with E-state index in [1.54, 1.807) is 6.07 Å². The molecule has 3 aromatic rings. The number of nitrogens with zero attached hydrogens (tertiary/aromatic N) is 4. The lowest BCUT2D eigenvalue weighted by molar-refractivity contribution is -0.270. The minimum absolute atomic E-state index is 0.120. The number of anilines is 1. The standard InChI is InChI=1S/C18H16F3N5O3/c1-26-10-9-22-15(26)17(28,18(19,20)21)11-14(27)25-12-3-5-13(6-4-12)29-16-23-7-2-8-24-16/h2-10,28H,11H2,1H3,(H,25,27)/t17-/m0/s1. The van der Waals surface area contributed by atoms with E-state index < -0.39 is 29.9 Å². The van der Waals surface area contributed by atoms with E-state index in [9.17, 15) is 23.1 Å². The molecule has 0 fully saturated rings. The third kappa shape index (κ3) is 4.51. The van der Waals surface area contributed by atoms with Gasteiger partial charge in [-0.3, -0.25) is 4.79 Å². The van der Waals surface area contributed by atoms with Crippen LogP contribution in [-0.2, 0) is 17.4 Å². The van der Waals surface area contributed by atoms with Gasteiger partial charge in [0.15, 0.2) is 5.82 Å². The molecule has 152 valence electrons. The average molecular weight is 407 g/mol. The first-order valence-electron chi connectivity index (χ1n) is 8.31. The molecule has 0 spiro atoms. The number of imidazole rings is 1. The molecule has 0 unspecified atom stereocenters. The monoisotopic (exact) mass is 407 g/mol. The summed E-state index contributed by atoms with van der Waals surface area (Å²) in [5, 5.41) is 12.6. The van der Waals surface area contributed by atoms with Crippen LogP contribution < -0.4 is 10.1 Å². The SMILES string of the molecule is Cn1ccnc1[C@@](O)(CC(=O)Nc1ccc(Oc2ncccn2)cc1)C(F)(F)F. The number of ether oxygens (including phenoxy) is 1. The fourth-order valence-electron chi connectivity index (χ4n) is 2.56. The molecule has 2 aromatic heterocycles. The topological polar surface area (TPSA) is 102 Å². The quantitative estimate of drug-likeness (QED) is 0.652. The molecule has 3 rings (SSSR count). The summed E-state index contributed by atoms with van der Waals surface area (Å²) >= 11 is 0. The lowest BCUT2D eigenvalue weighted by Gasteiger charge is -2.29. The number of hydrogen-bond donors (Lipinski definition) is 2. The number of hydrogen-bond acceptors (Lipinski definition) is 6. The smallest absolute Gasteiger partial charge is 0.424 e. The number of aryl methyl sites for hydroxylation is 1. The molecular formula is C18H16F3N5O3. The molecule has 0 bridgehead atoms. The lowest BCUT2D eigenvalue weighted by atomic mass is 9.97. The van der Waals surface area contributed by atoms with Crippen LogP contribution in [0.5, 0.6) is 11.8 Å². The van der Waals surface area contributed by atoms with Crippen molar-refractivity contribution in [3.8, 4) is 11.8 Å². The number of rotatable bonds is 6. The predicted octanol–water partition coefficient (Wildman–Crippen LogP) is 2.78. The molecule has 29 heavy (non-hydrogen) atoms. The Balaban J connectivity index is 1.70. The summed E-state index contributed by atoms with van der Waals surface area (Å²) in [5.74, 6) is -1.34. The third-order valence-electron chi connectivity index (χ3n) is 3.97. The zero-order valence-electron chi connectivity index (χ0n) is 15.1. The van der Waals surface area contributed by atoms with E-state index in [-0.39, 0.29) is 11.7 Å². The van der Waals surface area contributed by atoms with Gasteiger partial charge in [-0.2, -0.15) is 13.2 Å². The minimum Gasteiger partial charge on any atom is -0.424 e. The first-order chi connectivity index (χ1) is 13.7. The van der Waals surface area contributed by atoms with Crippen molar-refractivity contribution in [2.75, 3.05) is 5.32 Å². The normalized spacial score (nSPS) is 13.6. The summed E-state index contributed by atoms with van der Waals surface area (Å²) in [4.78, 5) is 23.5. The van der Waals surface area contributed by atoms with Gasteiger partial charge in [-0.05, 0) is 30.3 Å². The maximum Gasteiger partial charge on any atom is 0.425 e. The number of aliphatic hydroxyl groups is 1. The summed E-state index contributed by atoms with van der Waals surface area (Å²) in [5.41, 5.74) is -3.20. The van der Waals surface area contributed by atoms with E-state index in [1.165, 1.54) is 49.9 Å². The lowest BCUT2D eigenvalue weighted by Crippen LogP contribution is -2.46. The van der Waals surface area contributed by atoms with Crippen LogP contribution >= 0.6 is 0 Å². The molecule has 2 N–H and O–H groups in total. The Morgan fingerprint density at radius 3 is 2.34 bits per heavy atom. The Morgan fingerprint density at radius 2 is 1.79 bits per heavy atom. The zero-order chi connectivity index (χ0) is 21.1. The van der Waals surface area contributed by atoms with Gasteiger partial charge in [0, 0.05) is 37.5 Å². The molecule has 1 amide bonds. The van der Waals surface area contributed by atoms with Gasteiger partial charge in [0.25, 0.3) is 0 Å². The van der Waals surface area contributed by atoms with Crippen molar-refractivity contribution in [1.82, 2.24) is 19.5 Å². The van der Waals surface area contributed by atoms with Gasteiger partial charge in [0.05, 0.1) is 6.42 Å². The molecule has 0 aliphatic heterocycles. The van der Waals surface area contributed by atoms with Crippen LogP contribution in [0.2, 0.25) is 0 Å². The van der Waals surface area contributed by atoms with Crippen LogP contribution in [0.1, 0.15) is 12.2 Å². The Kier molecular flexibility index (Phi) is 5.50. The second-order valence-electron chi connectivity index (χ2n) is 6.10. The number of halogens is 3. The number of aromatic nitrogens is 4. The molecule has 2 heterocycles. The highest BCUT2D eigenvalue weighted by Crippen LogP contribution is 2.40. The number of carbonyl (C=O) groups is 1. The number of carbonyl (C=O) groups excluding carboxylic acids is 1. The average Bonchev–Trinajstić information content (AvgIpc) is 3.09. The van der Waals surface area contributed by atoms with Crippen molar-refractivity contribution >= 4 is 11.6 Å². The van der Waals surface area contributed by atoms with Crippen LogP contribution in [0.15, 0.2) is 55.1 Å². The van der Waals surface area contributed by atoms with Gasteiger partial charge >= 0.3 is 12.2 Å². The van der Waals surface area contributed by atoms with Crippen LogP contribution in [0, 0.1) is 0 Å². The number of benzene rings is 1. The van der Waals surface area contributed by atoms with E-state index in [4.69, 9.17) is 4.74 Å². The molecule has 1 atom stereocenters. The first kappa shape index (κ1) is 20.3. The highest BCUT2D eigenvalue weighted by molar-refractivity contribution is 5.91. The van der Waals surface area contributed by atoms with Gasteiger partial charge in [0.2, 0.25) is 11.5 Å². The third-order valence-corrected chi connectivity index (χ3v) is 3.97. The highest BCUT2D eigenvalue weighted by atomic mass is 19.4. The Bertz CT molecular complexity index is 976. The van der Waals surface area contributed by atoms with Crippen molar-refractivity contribution in [3.63, 3.8) is 0 Å². The summed E-state index contributed by atoms with van der Waals surface area (Å²) in [6.07, 6.45) is -0.993. The fourth-order valence-corrected chi connectivity index (χ4v) is 2.56. The summed E-state index contributed by atoms with van der Waals surface area (Å²) < 4.78 is 46.9. The van der Waals surface area contributed by atoms with E-state index in [0.717, 1.165) is 10.8 Å². The molecule has 8 nitrogen and oxygen atoms in total. The summed E-state index contributed by atoms with van der Waals surface area (Å²) in [6, 6.07) is 7.59. The Labute approximate surface area is 163 Å².